The van der Waals surface area contributed by atoms with Crippen LogP contribution in [0.1, 0.15) is 37.2 Å². The Bertz CT molecular complexity index is 853. The molecule has 0 amide bonds. The smallest absolute Gasteiger partial charge is 0.0809 e. The molecule has 1 aliphatic carbocycles. The monoisotopic (exact) mass is 356 g/mol. The van der Waals surface area contributed by atoms with E-state index in [4.69, 9.17) is 45.9 Å². The molecule has 0 aliphatic heterocycles. The molecule has 16 N–H and O–H groups in total. The number of hydrogen-bond donors (Lipinski definition) is 8. The van der Waals surface area contributed by atoms with Gasteiger partial charge in [0.2, 0.25) is 0 Å². The molecule has 2 aromatic rings. The molecule has 140 valence electrons. The topological polar surface area (TPSA) is 208 Å². The van der Waals surface area contributed by atoms with E-state index < -0.39 is 0 Å². The molecular formula is C18H28N8. The Morgan fingerprint density at radius 1 is 0.615 bits per heavy atom. The van der Waals surface area contributed by atoms with Gasteiger partial charge in [-0.05, 0) is 49.3 Å². The van der Waals surface area contributed by atoms with Gasteiger partial charge in [-0.2, -0.15) is 0 Å². The van der Waals surface area contributed by atoms with E-state index >= 15 is 0 Å². The highest BCUT2D eigenvalue weighted by atomic mass is 14.8. The molecule has 8 heteroatoms. The first kappa shape index (κ1) is 17.8. The van der Waals surface area contributed by atoms with Crippen molar-refractivity contribution in [3.8, 4) is 11.1 Å². The fraction of sp³-hybridized carbons (Fsp3) is 0.333. The second kappa shape index (κ2) is 6.38. The molecule has 0 spiro atoms. The molecule has 3 rings (SSSR count). The minimum absolute atomic E-state index is 0.211. The Morgan fingerprint density at radius 2 is 1.23 bits per heavy atom. The van der Waals surface area contributed by atoms with E-state index in [0.717, 1.165) is 31.2 Å². The van der Waals surface area contributed by atoms with Gasteiger partial charge in [0, 0.05) is 22.9 Å². The molecule has 0 atom stereocenters. The number of anilines is 7. The van der Waals surface area contributed by atoms with E-state index in [-0.39, 0.29) is 23.1 Å². The summed E-state index contributed by atoms with van der Waals surface area (Å²) in [5.41, 5.74) is 53.4. The molecule has 2 aromatic carbocycles. The standard InChI is InChI=1S/C18H28N8/c19-8-3-1-7(2-4-8)9-5-11(20)13(17(25)14(9)22)10-6-12(21)16(24)18(26)15(10)23/h5-8H,1-4,19-26H2. The summed E-state index contributed by atoms with van der Waals surface area (Å²) in [5, 5.41) is 0. The van der Waals surface area contributed by atoms with Crippen molar-refractivity contribution in [1.29, 1.82) is 0 Å². The molecule has 1 fully saturated rings. The van der Waals surface area contributed by atoms with Crippen molar-refractivity contribution in [3.63, 3.8) is 0 Å². The second-order valence-electron chi connectivity index (χ2n) is 7.12. The first-order chi connectivity index (χ1) is 12.2. The lowest BCUT2D eigenvalue weighted by Crippen LogP contribution is -2.26. The van der Waals surface area contributed by atoms with Crippen LogP contribution in [-0.2, 0) is 0 Å². The van der Waals surface area contributed by atoms with Gasteiger partial charge in [-0.25, -0.2) is 0 Å². The van der Waals surface area contributed by atoms with Crippen molar-refractivity contribution in [2.75, 3.05) is 40.1 Å². The maximum Gasteiger partial charge on any atom is 0.0809 e. The summed E-state index contributed by atoms with van der Waals surface area (Å²) in [6.07, 6.45) is 3.86. The molecule has 0 saturated heterocycles. The first-order valence-electron chi connectivity index (χ1n) is 8.68. The quantitative estimate of drug-likeness (QED) is 0.368. The predicted molar refractivity (Wildman–Crippen MR) is 112 cm³/mol. The first-order valence-corrected chi connectivity index (χ1v) is 8.68. The molecule has 0 bridgehead atoms. The van der Waals surface area contributed by atoms with Gasteiger partial charge in [0.1, 0.15) is 0 Å². The highest BCUT2D eigenvalue weighted by molar-refractivity contribution is 6.04. The third-order valence-corrected chi connectivity index (χ3v) is 5.43. The van der Waals surface area contributed by atoms with Gasteiger partial charge in [0.25, 0.3) is 0 Å². The van der Waals surface area contributed by atoms with E-state index in [9.17, 15) is 0 Å². The van der Waals surface area contributed by atoms with Crippen LogP contribution in [-0.4, -0.2) is 6.04 Å². The van der Waals surface area contributed by atoms with Gasteiger partial charge in [-0.1, -0.05) is 0 Å². The van der Waals surface area contributed by atoms with Gasteiger partial charge in [0.05, 0.1) is 34.1 Å². The van der Waals surface area contributed by atoms with Gasteiger partial charge < -0.3 is 45.9 Å². The number of nitrogens with two attached hydrogens (primary N) is 8. The number of hydrogen-bond acceptors (Lipinski definition) is 8. The molecule has 1 saturated carbocycles. The highest BCUT2D eigenvalue weighted by Crippen LogP contribution is 2.47. The maximum absolute atomic E-state index is 6.37. The van der Waals surface area contributed by atoms with Crippen LogP contribution in [0.2, 0.25) is 0 Å². The van der Waals surface area contributed by atoms with E-state index in [1.165, 1.54) is 0 Å². The second-order valence-corrected chi connectivity index (χ2v) is 7.12. The Kier molecular flexibility index (Phi) is 4.37. The molecule has 1 aliphatic rings. The minimum atomic E-state index is 0.211. The van der Waals surface area contributed by atoms with E-state index in [1.54, 1.807) is 6.07 Å². The van der Waals surface area contributed by atoms with E-state index in [0.29, 0.717) is 39.8 Å². The van der Waals surface area contributed by atoms with Crippen molar-refractivity contribution in [3.05, 3.63) is 17.7 Å². The van der Waals surface area contributed by atoms with Gasteiger partial charge in [0.15, 0.2) is 0 Å². The molecule has 8 nitrogen and oxygen atoms in total. The van der Waals surface area contributed by atoms with E-state index in [2.05, 4.69) is 0 Å². The summed E-state index contributed by atoms with van der Waals surface area (Å²) in [4.78, 5) is 0. The molecule has 0 radical (unpaired) electrons. The lowest BCUT2D eigenvalue weighted by atomic mass is 9.80. The van der Waals surface area contributed by atoms with Crippen molar-refractivity contribution in [2.45, 2.75) is 37.6 Å². The summed E-state index contributed by atoms with van der Waals surface area (Å²) in [7, 11) is 0. The Hall–Kier alpha value is -3.00. The largest absolute Gasteiger partial charge is 0.398 e. The third-order valence-electron chi connectivity index (χ3n) is 5.43. The van der Waals surface area contributed by atoms with Gasteiger partial charge in [-0.3, -0.25) is 0 Å². The van der Waals surface area contributed by atoms with Gasteiger partial charge >= 0.3 is 0 Å². The van der Waals surface area contributed by atoms with Crippen molar-refractivity contribution < 1.29 is 0 Å². The van der Waals surface area contributed by atoms with Crippen LogP contribution < -0.4 is 45.9 Å². The molecular weight excluding hydrogens is 328 g/mol. The Balaban J connectivity index is 2.13. The van der Waals surface area contributed by atoms with Crippen LogP contribution in [0.5, 0.6) is 0 Å². The fourth-order valence-electron chi connectivity index (χ4n) is 3.80. The zero-order valence-corrected chi connectivity index (χ0v) is 14.8. The van der Waals surface area contributed by atoms with Crippen LogP contribution in [0.4, 0.5) is 39.8 Å². The predicted octanol–water partition coefficient (Wildman–Crippen LogP) is 1.41. The van der Waals surface area contributed by atoms with Gasteiger partial charge in [-0.15, -0.1) is 0 Å². The lowest BCUT2D eigenvalue weighted by molar-refractivity contribution is 0.396. The highest BCUT2D eigenvalue weighted by Gasteiger charge is 2.25. The molecule has 26 heavy (non-hydrogen) atoms. The third kappa shape index (κ3) is 2.78. The summed E-state index contributed by atoms with van der Waals surface area (Å²) >= 11 is 0. The van der Waals surface area contributed by atoms with Crippen LogP contribution in [0.15, 0.2) is 12.1 Å². The summed E-state index contributed by atoms with van der Waals surface area (Å²) in [6, 6.07) is 3.76. The summed E-state index contributed by atoms with van der Waals surface area (Å²) in [6.45, 7) is 0. The van der Waals surface area contributed by atoms with Crippen molar-refractivity contribution in [2.24, 2.45) is 5.73 Å². The van der Waals surface area contributed by atoms with E-state index in [1.807, 2.05) is 6.07 Å². The molecule has 0 aromatic heterocycles. The van der Waals surface area contributed by atoms with Crippen molar-refractivity contribution >= 4 is 39.8 Å². The van der Waals surface area contributed by atoms with Crippen LogP contribution in [0.25, 0.3) is 11.1 Å². The number of benzene rings is 2. The Labute approximate surface area is 152 Å². The molecule has 0 heterocycles. The number of rotatable bonds is 2. The lowest BCUT2D eigenvalue weighted by Gasteiger charge is -2.29. The number of nitrogen functional groups attached to an aromatic ring is 7. The van der Waals surface area contributed by atoms with Crippen LogP contribution in [0, 0.1) is 0 Å². The molecule has 0 unspecified atom stereocenters. The van der Waals surface area contributed by atoms with Crippen LogP contribution in [0.3, 0.4) is 0 Å². The Morgan fingerprint density at radius 3 is 1.85 bits per heavy atom. The summed E-state index contributed by atoms with van der Waals surface area (Å²) < 4.78 is 0. The zero-order chi connectivity index (χ0) is 19.2. The zero-order valence-electron chi connectivity index (χ0n) is 14.8. The summed E-state index contributed by atoms with van der Waals surface area (Å²) in [5.74, 6) is 0.298. The average Bonchev–Trinajstić information content (AvgIpc) is 2.61. The van der Waals surface area contributed by atoms with Crippen LogP contribution >= 0.6 is 0 Å². The normalized spacial score (nSPS) is 20.2. The SMILES string of the molecule is Nc1cc(-c2c(N)cc(C3CCC(N)CC3)c(N)c2N)c(N)c(N)c1N. The maximum atomic E-state index is 6.37. The van der Waals surface area contributed by atoms with Crippen molar-refractivity contribution in [1.82, 2.24) is 0 Å². The fourth-order valence-corrected chi connectivity index (χ4v) is 3.80. The minimum Gasteiger partial charge on any atom is -0.398 e. The average molecular weight is 356 g/mol.